The Morgan fingerprint density at radius 3 is 2.29 bits per heavy atom. The lowest BCUT2D eigenvalue weighted by Gasteiger charge is -2.21. The number of benzene rings is 2. The molecule has 0 fully saturated rings. The molecule has 2 N–H and O–H groups in total. The molecule has 48 heavy (non-hydrogen) atoms. The molecule has 248 valence electrons. The number of alkyl carbamates (subject to hydrolysis) is 1. The van der Waals surface area contributed by atoms with E-state index in [1.165, 1.54) is 30.0 Å². The van der Waals surface area contributed by atoms with Crippen LogP contribution in [0.2, 0.25) is 5.02 Å². The molecule has 0 radical (unpaired) electrons. The SMILES string of the molecule is CNc1nc(SCc2csc(-c3ccc(Cl)cc3)n2)c(C#N)c(-c2ccc(OCCOC(=O)[C@H](C)NC(=O)OC(C)(C)C)cc2)c1C#N. The van der Waals surface area contributed by atoms with Crippen LogP contribution >= 0.6 is 34.7 Å². The number of carbonyl (C=O) groups excluding carboxylic acids is 2. The third-order valence-corrected chi connectivity index (χ3v) is 8.65. The summed E-state index contributed by atoms with van der Waals surface area (Å²) in [6.45, 7) is 6.68. The minimum Gasteiger partial charge on any atom is -0.490 e. The van der Waals surface area contributed by atoms with Crippen molar-refractivity contribution in [2.75, 3.05) is 25.6 Å². The number of aromatic nitrogens is 2. The van der Waals surface area contributed by atoms with Gasteiger partial charge in [-0.2, -0.15) is 10.5 Å². The Balaban J connectivity index is 1.42. The molecule has 11 nitrogen and oxygen atoms in total. The Morgan fingerprint density at radius 1 is 1.00 bits per heavy atom. The van der Waals surface area contributed by atoms with Crippen molar-refractivity contribution < 1.29 is 23.8 Å². The van der Waals surface area contributed by atoms with E-state index in [0.29, 0.717) is 38.5 Å². The van der Waals surface area contributed by atoms with E-state index < -0.39 is 23.7 Å². The molecule has 1 atom stereocenters. The number of anilines is 1. The summed E-state index contributed by atoms with van der Waals surface area (Å²) in [5, 5.41) is 29.7. The number of nitrogens with zero attached hydrogens (tertiary/aromatic N) is 4. The Kier molecular flexibility index (Phi) is 12.3. The summed E-state index contributed by atoms with van der Waals surface area (Å²) in [7, 11) is 1.67. The number of ether oxygens (including phenoxy) is 3. The van der Waals surface area contributed by atoms with E-state index in [4.69, 9.17) is 30.8 Å². The van der Waals surface area contributed by atoms with Gasteiger partial charge in [-0.3, -0.25) is 0 Å². The molecule has 0 unspecified atom stereocenters. The third-order valence-electron chi connectivity index (χ3n) is 6.45. The highest BCUT2D eigenvalue weighted by atomic mass is 35.5. The Labute approximate surface area is 292 Å². The van der Waals surface area contributed by atoms with E-state index >= 15 is 0 Å². The zero-order valence-electron chi connectivity index (χ0n) is 26.9. The zero-order chi connectivity index (χ0) is 34.8. The third kappa shape index (κ3) is 9.61. The molecule has 4 aromatic rings. The highest BCUT2D eigenvalue weighted by Gasteiger charge is 2.23. The van der Waals surface area contributed by atoms with Crippen LogP contribution in [0.5, 0.6) is 5.75 Å². The molecule has 0 aliphatic carbocycles. The summed E-state index contributed by atoms with van der Waals surface area (Å²) in [4.78, 5) is 33.5. The first-order valence-electron chi connectivity index (χ1n) is 14.7. The first-order chi connectivity index (χ1) is 22.9. The summed E-state index contributed by atoms with van der Waals surface area (Å²) in [5.74, 6) is 0.681. The number of thioether (sulfide) groups is 1. The van der Waals surface area contributed by atoms with Gasteiger partial charge in [0.1, 0.15) is 64.2 Å². The maximum atomic E-state index is 12.2. The van der Waals surface area contributed by atoms with Crippen LogP contribution in [-0.2, 0) is 20.0 Å². The summed E-state index contributed by atoms with van der Waals surface area (Å²) in [5.41, 5.74) is 2.70. The fourth-order valence-corrected chi connectivity index (χ4v) is 6.22. The average Bonchev–Trinajstić information content (AvgIpc) is 3.53. The molecule has 4 rings (SSSR count). The van der Waals surface area contributed by atoms with E-state index in [-0.39, 0.29) is 24.3 Å². The fourth-order valence-electron chi connectivity index (χ4n) is 4.28. The number of rotatable bonds is 12. The molecule has 0 aliphatic heterocycles. The van der Waals surface area contributed by atoms with Gasteiger partial charge in [-0.1, -0.05) is 47.6 Å². The van der Waals surface area contributed by atoms with E-state index in [1.54, 1.807) is 52.1 Å². The highest BCUT2D eigenvalue weighted by molar-refractivity contribution is 7.98. The van der Waals surface area contributed by atoms with Crippen molar-refractivity contribution in [1.82, 2.24) is 15.3 Å². The van der Waals surface area contributed by atoms with Gasteiger partial charge >= 0.3 is 12.1 Å². The van der Waals surface area contributed by atoms with E-state index in [2.05, 4.69) is 27.8 Å². The number of hydrogen-bond acceptors (Lipinski definition) is 12. The summed E-state index contributed by atoms with van der Waals surface area (Å²) in [6, 6.07) is 17.9. The molecule has 2 heterocycles. The number of halogens is 1. The molecule has 2 aromatic carbocycles. The summed E-state index contributed by atoms with van der Waals surface area (Å²) < 4.78 is 16.1. The predicted octanol–water partition coefficient (Wildman–Crippen LogP) is 7.44. The molecule has 2 aromatic heterocycles. The molecule has 0 aliphatic rings. The minimum atomic E-state index is -0.901. The summed E-state index contributed by atoms with van der Waals surface area (Å²) >= 11 is 8.90. The van der Waals surface area contributed by atoms with Crippen LogP contribution in [0, 0.1) is 22.7 Å². The van der Waals surface area contributed by atoms with Crippen LogP contribution in [0.4, 0.5) is 10.6 Å². The van der Waals surface area contributed by atoms with Crippen molar-refractivity contribution in [3.8, 4) is 39.6 Å². The van der Waals surface area contributed by atoms with Crippen LogP contribution in [0.3, 0.4) is 0 Å². The first kappa shape index (κ1) is 36.0. The second-order valence-electron chi connectivity index (χ2n) is 11.2. The average molecular weight is 705 g/mol. The predicted molar refractivity (Wildman–Crippen MR) is 186 cm³/mol. The molecule has 14 heteroatoms. The highest BCUT2D eigenvalue weighted by Crippen LogP contribution is 2.38. The van der Waals surface area contributed by atoms with Gasteiger partial charge in [-0.15, -0.1) is 11.3 Å². The molecule has 0 saturated heterocycles. The van der Waals surface area contributed by atoms with Gasteiger partial charge in [0.05, 0.1) is 11.3 Å². The maximum Gasteiger partial charge on any atom is 0.408 e. The maximum absolute atomic E-state index is 12.2. The molecular weight excluding hydrogens is 672 g/mol. The standard InChI is InChI=1S/C34H33ClN6O5S2/c1-20(39-33(43)46-34(2,3)4)32(42)45-15-14-44-25-12-8-21(9-13-25)28-26(16-36)29(38-5)41-31(27(28)17-37)48-19-24-18-47-30(40-24)22-6-10-23(35)11-7-22/h6-13,18,20H,14-15,19H2,1-5H3,(H,38,41)(H,39,43)/t20-/m0/s1. The molecule has 0 saturated carbocycles. The Morgan fingerprint density at radius 2 is 1.67 bits per heavy atom. The van der Waals surface area contributed by atoms with Crippen molar-refractivity contribution >= 4 is 52.6 Å². The zero-order valence-corrected chi connectivity index (χ0v) is 29.3. The normalized spacial score (nSPS) is 11.5. The van der Waals surface area contributed by atoms with E-state index in [0.717, 1.165) is 16.3 Å². The quantitative estimate of drug-likeness (QED) is 0.0857. The number of thiazole rings is 1. The van der Waals surface area contributed by atoms with Crippen molar-refractivity contribution in [3.05, 3.63) is 75.8 Å². The molecule has 0 bridgehead atoms. The monoisotopic (exact) mass is 704 g/mol. The topological polar surface area (TPSA) is 159 Å². The largest absolute Gasteiger partial charge is 0.490 e. The van der Waals surface area contributed by atoms with Gasteiger partial charge in [0.15, 0.2) is 0 Å². The number of nitrogens with one attached hydrogen (secondary N) is 2. The van der Waals surface area contributed by atoms with Gasteiger partial charge in [0.25, 0.3) is 0 Å². The second-order valence-corrected chi connectivity index (χ2v) is 13.5. The first-order valence-corrected chi connectivity index (χ1v) is 16.9. The van der Waals surface area contributed by atoms with Crippen molar-refractivity contribution in [1.29, 1.82) is 10.5 Å². The summed E-state index contributed by atoms with van der Waals surface area (Å²) in [6.07, 6.45) is -0.715. The van der Waals surface area contributed by atoms with Crippen molar-refractivity contribution in [3.63, 3.8) is 0 Å². The number of amides is 1. The molecular formula is C34H33ClN6O5S2. The number of esters is 1. The van der Waals surface area contributed by atoms with Gasteiger partial charge in [0.2, 0.25) is 0 Å². The van der Waals surface area contributed by atoms with Gasteiger partial charge in [-0.25, -0.2) is 19.6 Å². The Bertz CT molecular complexity index is 1840. The second kappa shape index (κ2) is 16.3. The number of pyridine rings is 1. The molecule has 0 spiro atoms. The number of hydrogen-bond donors (Lipinski definition) is 2. The number of nitriles is 2. The van der Waals surface area contributed by atoms with Crippen LogP contribution in [0.25, 0.3) is 21.7 Å². The van der Waals surface area contributed by atoms with Gasteiger partial charge in [-0.05, 0) is 57.5 Å². The van der Waals surface area contributed by atoms with Crippen molar-refractivity contribution in [2.24, 2.45) is 0 Å². The van der Waals surface area contributed by atoms with Crippen molar-refractivity contribution in [2.45, 2.75) is 50.1 Å². The fraction of sp³-hybridized carbons (Fsp3) is 0.294. The number of carbonyl (C=O) groups is 2. The lowest BCUT2D eigenvalue weighted by molar-refractivity contribution is -0.146. The van der Waals surface area contributed by atoms with E-state index in [1.807, 2.05) is 29.6 Å². The van der Waals surface area contributed by atoms with E-state index in [9.17, 15) is 20.1 Å². The minimum absolute atomic E-state index is 0.0469. The van der Waals surface area contributed by atoms with Gasteiger partial charge in [0, 0.05) is 34.3 Å². The molecule has 1 amide bonds. The Hall–Kier alpha value is -4.82. The van der Waals surface area contributed by atoms with Crippen LogP contribution in [-0.4, -0.2) is 53.9 Å². The van der Waals surface area contributed by atoms with Crippen LogP contribution in [0.15, 0.2) is 58.9 Å². The lowest BCUT2D eigenvalue weighted by Crippen LogP contribution is -2.42. The smallest absolute Gasteiger partial charge is 0.408 e. The lowest BCUT2D eigenvalue weighted by atomic mass is 9.96. The van der Waals surface area contributed by atoms with Crippen LogP contribution in [0.1, 0.15) is 44.5 Å². The van der Waals surface area contributed by atoms with Gasteiger partial charge < -0.3 is 24.8 Å². The van der Waals surface area contributed by atoms with Crippen LogP contribution < -0.4 is 15.4 Å².